The summed E-state index contributed by atoms with van der Waals surface area (Å²) < 4.78 is 5.46. The lowest BCUT2D eigenvalue weighted by Crippen LogP contribution is -2.29. The van der Waals surface area contributed by atoms with E-state index in [2.05, 4.69) is 4.98 Å². The smallest absolute Gasteiger partial charge is 0.338 e. The van der Waals surface area contributed by atoms with Crippen LogP contribution in [0.15, 0.2) is 79.0 Å². The number of para-hydroxylation sites is 2. The van der Waals surface area contributed by atoms with Crippen LogP contribution in [-0.2, 0) is 11.3 Å². The molecule has 2 heterocycles. The molecule has 0 saturated heterocycles. The number of carbonyl (C=O) groups is 3. The number of benzene rings is 3. The van der Waals surface area contributed by atoms with Crippen molar-refractivity contribution in [3.8, 4) is 0 Å². The molecule has 2 amide bonds. The quantitative estimate of drug-likeness (QED) is 0.326. The molecule has 1 aliphatic heterocycles. The van der Waals surface area contributed by atoms with Gasteiger partial charge in [-0.25, -0.2) is 9.69 Å². The number of amides is 2. The van der Waals surface area contributed by atoms with Gasteiger partial charge in [0.25, 0.3) is 11.8 Å². The van der Waals surface area contributed by atoms with E-state index in [9.17, 15) is 14.4 Å². The molecule has 7 heteroatoms. The molecule has 3 aromatic carbocycles. The summed E-state index contributed by atoms with van der Waals surface area (Å²) in [6.07, 6.45) is 1.68. The van der Waals surface area contributed by atoms with Crippen LogP contribution in [-0.4, -0.2) is 22.8 Å². The number of nitrogens with zero attached hydrogens (tertiary/aromatic N) is 2. The van der Waals surface area contributed by atoms with E-state index >= 15 is 0 Å². The molecule has 1 aliphatic rings. The van der Waals surface area contributed by atoms with Crippen LogP contribution >= 0.6 is 11.6 Å². The summed E-state index contributed by atoms with van der Waals surface area (Å²) in [6, 6.07) is 20.3. The molecule has 0 N–H and O–H groups in total. The van der Waals surface area contributed by atoms with Crippen molar-refractivity contribution in [2.45, 2.75) is 6.61 Å². The predicted octanol–water partition coefficient (Wildman–Crippen LogP) is 5.05. The number of carbonyl (C=O) groups excluding carboxylic acids is 3. The molecule has 32 heavy (non-hydrogen) atoms. The Hall–Kier alpha value is -4.03. The van der Waals surface area contributed by atoms with Gasteiger partial charge in [0.15, 0.2) is 0 Å². The molecule has 0 atom stereocenters. The fraction of sp³-hybridized carbons (Fsp3) is 0.0400. The number of hydrogen-bond donors (Lipinski definition) is 0. The molecule has 0 aliphatic carbocycles. The highest BCUT2D eigenvalue weighted by atomic mass is 35.5. The molecule has 0 spiro atoms. The average Bonchev–Trinajstić information content (AvgIpc) is 3.07. The molecule has 6 nitrogen and oxygen atoms in total. The van der Waals surface area contributed by atoms with Crippen molar-refractivity contribution in [3.63, 3.8) is 0 Å². The van der Waals surface area contributed by atoms with Crippen LogP contribution in [0.3, 0.4) is 0 Å². The molecule has 0 unspecified atom stereocenters. The Morgan fingerprint density at radius 1 is 0.906 bits per heavy atom. The maximum Gasteiger partial charge on any atom is 0.338 e. The maximum atomic E-state index is 12.9. The monoisotopic (exact) mass is 442 g/mol. The maximum absolute atomic E-state index is 12.9. The molecule has 4 aromatic rings. The minimum atomic E-state index is -0.600. The summed E-state index contributed by atoms with van der Waals surface area (Å²) in [7, 11) is 0. The van der Waals surface area contributed by atoms with Crippen molar-refractivity contribution in [3.05, 3.63) is 106 Å². The van der Waals surface area contributed by atoms with Gasteiger partial charge >= 0.3 is 5.97 Å². The lowest BCUT2D eigenvalue weighted by atomic mass is 10.1. The minimum Gasteiger partial charge on any atom is -0.457 e. The first kappa shape index (κ1) is 19.9. The van der Waals surface area contributed by atoms with Crippen molar-refractivity contribution in [2.24, 2.45) is 0 Å². The lowest BCUT2D eigenvalue weighted by molar-refractivity contribution is 0.0474. The zero-order valence-electron chi connectivity index (χ0n) is 16.6. The highest BCUT2D eigenvalue weighted by Gasteiger charge is 2.38. The van der Waals surface area contributed by atoms with Crippen molar-refractivity contribution >= 4 is 46.0 Å². The minimum absolute atomic E-state index is 0.0307. The van der Waals surface area contributed by atoms with E-state index in [0.717, 1.165) is 21.4 Å². The summed E-state index contributed by atoms with van der Waals surface area (Å²) in [6.45, 7) is 0.0307. The van der Waals surface area contributed by atoms with E-state index in [0.29, 0.717) is 5.69 Å². The van der Waals surface area contributed by atoms with Crippen LogP contribution in [0.25, 0.3) is 10.9 Å². The third-order valence-electron chi connectivity index (χ3n) is 5.29. The topological polar surface area (TPSA) is 76.6 Å². The van der Waals surface area contributed by atoms with Gasteiger partial charge in [0, 0.05) is 17.1 Å². The number of fused-ring (bicyclic) bond motifs is 2. The Kier molecular flexibility index (Phi) is 4.92. The number of imide groups is 1. The molecule has 5 rings (SSSR count). The summed E-state index contributed by atoms with van der Waals surface area (Å²) in [5.74, 6) is -1.62. The van der Waals surface area contributed by atoms with Gasteiger partial charge in [-0.2, -0.15) is 0 Å². The number of hydrogen-bond acceptors (Lipinski definition) is 5. The molecule has 0 bridgehead atoms. The first-order valence-electron chi connectivity index (χ1n) is 9.82. The van der Waals surface area contributed by atoms with Gasteiger partial charge in [-0.15, -0.1) is 0 Å². The van der Waals surface area contributed by atoms with Crippen LogP contribution in [0.5, 0.6) is 0 Å². The van der Waals surface area contributed by atoms with Gasteiger partial charge in [0.1, 0.15) is 6.61 Å². The summed E-state index contributed by atoms with van der Waals surface area (Å²) in [5, 5.41) is 1.23. The van der Waals surface area contributed by atoms with Crippen LogP contribution < -0.4 is 4.90 Å². The van der Waals surface area contributed by atoms with Gasteiger partial charge in [-0.1, -0.05) is 48.0 Å². The van der Waals surface area contributed by atoms with Crippen LogP contribution in [0.1, 0.15) is 36.6 Å². The Morgan fingerprint density at radius 3 is 2.53 bits per heavy atom. The van der Waals surface area contributed by atoms with Crippen molar-refractivity contribution in [1.29, 1.82) is 0 Å². The van der Waals surface area contributed by atoms with E-state index in [4.69, 9.17) is 16.3 Å². The predicted molar refractivity (Wildman–Crippen MR) is 120 cm³/mol. The molecule has 0 saturated carbocycles. The molecular weight excluding hydrogens is 428 g/mol. The van der Waals surface area contributed by atoms with E-state index in [-0.39, 0.29) is 28.3 Å². The number of ether oxygens (including phenoxy) is 1. The largest absolute Gasteiger partial charge is 0.457 e. The normalized spacial score (nSPS) is 12.8. The second-order valence-electron chi connectivity index (χ2n) is 7.23. The zero-order valence-corrected chi connectivity index (χ0v) is 17.4. The second-order valence-corrected chi connectivity index (χ2v) is 7.63. The van der Waals surface area contributed by atoms with Crippen molar-refractivity contribution in [2.75, 3.05) is 4.90 Å². The van der Waals surface area contributed by atoms with Gasteiger partial charge in [0.05, 0.1) is 32.9 Å². The van der Waals surface area contributed by atoms with Gasteiger partial charge in [-0.05, 0) is 36.4 Å². The van der Waals surface area contributed by atoms with Crippen LogP contribution in [0, 0.1) is 0 Å². The number of pyridine rings is 1. The third kappa shape index (κ3) is 3.31. The molecule has 1 aromatic heterocycles. The summed E-state index contributed by atoms with van der Waals surface area (Å²) in [5.41, 5.74) is 2.36. The Balaban J connectivity index is 1.39. The van der Waals surface area contributed by atoms with Crippen LogP contribution in [0.2, 0.25) is 5.02 Å². The number of esters is 1. The number of aromatic nitrogens is 1. The van der Waals surface area contributed by atoms with Gasteiger partial charge in [-0.3, -0.25) is 14.6 Å². The Morgan fingerprint density at radius 2 is 1.69 bits per heavy atom. The SMILES string of the molecule is O=C(OCc1cccc2cccnc12)c1ccc2c(c1)C(=O)N(c1ccccc1Cl)C2=O. The first-order valence-corrected chi connectivity index (χ1v) is 10.2. The van der Waals surface area contributed by atoms with Gasteiger partial charge in [0.2, 0.25) is 0 Å². The lowest BCUT2D eigenvalue weighted by Gasteiger charge is -2.15. The highest BCUT2D eigenvalue weighted by molar-refractivity contribution is 6.39. The zero-order chi connectivity index (χ0) is 22.2. The molecule has 0 fully saturated rings. The fourth-order valence-corrected chi connectivity index (χ4v) is 3.95. The van der Waals surface area contributed by atoms with Crippen molar-refractivity contribution in [1.82, 2.24) is 4.98 Å². The fourth-order valence-electron chi connectivity index (χ4n) is 3.73. The van der Waals surface area contributed by atoms with Crippen LogP contribution in [0.4, 0.5) is 5.69 Å². The molecular formula is C25H15ClN2O4. The highest BCUT2D eigenvalue weighted by Crippen LogP contribution is 2.33. The number of rotatable bonds is 4. The second kappa shape index (κ2) is 7.90. The first-order chi connectivity index (χ1) is 15.5. The van der Waals surface area contributed by atoms with Crippen molar-refractivity contribution < 1.29 is 19.1 Å². The van der Waals surface area contributed by atoms with Gasteiger partial charge < -0.3 is 4.74 Å². The summed E-state index contributed by atoms with van der Waals surface area (Å²) >= 11 is 6.18. The third-order valence-corrected chi connectivity index (χ3v) is 5.61. The number of halogens is 1. The van der Waals surface area contributed by atoms with E-state index < -0.39 is 17.8 Å². The average molecular weight is 443 g/mol. The standard InChI is InChI=1S/C25H15ClN2O4/c26-20-8-1-2-9-21(20)28-23(29)18-11-10-16(13-19(18)24(28)30)25(31)32-14-17-6-3-5-15-7-4-12-27-22(15)17/h1-13H,14H2. The Bertz CT molecular complexity index is 1410. The van der Waals surface area contributed by atoms with E-state index in [1.165, 1.54) is 18.2 Å². The van der Waals surface area contributed by atoms with E-state index in [1.807, 2.05) is 30.3 Å². The summed E-state index contributed by atoms with van der Waals surface area (Å²) in [4.78, 5) is 43.8. The number of anilines is 1. The van der Waals surface area contributed by atoms with E-state index in [1.54, 1.807) is 30.5 Å². The molecule has 156 valence electrons. The Labute approximate surface area is 188 Å². The molecule has 0 radical (unpaired) electrons.